The predicted octanol–water partition coefficient (Wildman–Crippen LogP) is 2.47. The number of nitrogens with one attached hydrogen (secondary N) is 1. The molecular formula is C19H24N2O3S. The fraction of sp³-hybridized carbons (Fsp3) is 0.368. The number of ether oxygens (including phenoxy) is 1. The number of anilines is 1. The van der Waals surface area contributed by atoms with Gasteiger partial charge in [0.25, 0.3) is 0 Å². The third kappa shape index (κ3) is 4.52. The monoisotopic (exact) mass is 360 g/mol. The van der Waals surface area contributed by atoms with Gasteiger partial charge in [-0.1, -0.05) is 12.1 Å². The Hall–Kier alpha value is -2.05. The SMILES string of the molecule is CNCc1cccc(O[C@H]2CCN(c3ccc(S(C)(=O)=O)cc3)C2)c1. The zero-order valence-corrected chi connectivity index (χ0v) is 15.4. The minimum Gasteiger partial charge on any atom is -0.489 e. The predicted molar refractivity (Wildman–Crippen MR) is 100 cm³/mol. The topological polar surface area (TPSA) is 58.6 Å². The van der Waals surface area contributed by atoms with Gasteiger partial charge in [0.1, 0.15) is 11.9 Å². The molecule has 0 aromatic heterocycles. The van der Waals surface area contributed by atoms with E-state index in [1.54, 1.807) is 12.1 Å². The van der Waals surface area contributed by atoms with Crippen LogP contribution >= 0.6 is 0 Å². The molecule has 1 aliphatic rings. The molecule has 1 atom stereocenters. The Balaban J connectivity index is 1.63. The molecule has 6 heteroatoms. The van der Waals surface area contributed by atoms with Crippen molar-refractivity contribution in [3.05, 3.63) is 54.1 Å². The van der Waals surface area contributed by atoms with E-state index >= 15 is 0 Å². The maximum atomic E-state index is 11.6. The van der Waals surface area contributed by atoms with Gasteiger partial charge in [-0.05, 0) is 49.0 Å². The maximum absolute atomic E-state index is 11.6. The normalized spacial score (nSPS) is 17.7. The van der Waals surface area contributed by atoms with Crippen molar-refractivity contribution >= 4 is 15.5 Å². The fourth-order valence-corrected chi connectivity index (χ4v) is 3.72. The van der Waals surface area contributed by atoms with Gasteiger partial charge in [-0.2, -0.15) is 0 Å². The Morgan fingerprint density at radius 3 is 2.64 bits per heavy atom. The Bertz CT molecular complexity index is 819. The Morgan fingerprint density at radius 1 is 1.20 bits per heavy atom. The molecule has 0 radical (unpaired) electrons. The van der Waals surface area contributed by atoms with Gasteiger partial charge < -0.3 is 15.0 Å². The highest BCUT2D eigenvalue weighted by Gasteiger charge is 2.24. The second-order valence-electron chi connectivity index (χ2n) is 6.42. The molecule has 0 bridgehead atoms. The molecule has 0 aliphatic carbocycles. The second-order valence-corrected chi connectivity index (χ2v) is 8.43. The van der Waals surface area contributed by atoms with E-state index in [1.807, 2.05) is 31.3 Å². The van der Waals surface area contributed by atoms with Crippen LogP contribution < -0.4 is 15.0 Å². The molecule has 5 nitrogen and oxygen atoms in total. The number of hydrogen-bond acceptors (Lipinski definition) is 5. The molecule has 1 saturated heterocycles. The number of rotatable bonds is 6. The number of nitrogens with zero attached hydrogens (tertiary/aromatic N) is 1. The van der Waals surface area contributed by atoms with Crippen LogP contribution in [0.4, 0.5) is 5.69 Å². The van der Waals surface area contributed by atoms with Crippen LogP contribution in [-0.4, -0.2) is 40.9 Å². The van der Waals surface area contributed by atoms with Crippen molar-refractivity contribution in [2.24, 2.45) is 0 Å². The molecule has 1 fully saturated rings. The molecule has 1 N–H and O–H groups in total. The third-order valence-electron chi connectivity index (χ3n) is 4.36. The first-order chi connectivity index (χ1) is 12.0. The Labute approximate surface area is 149 Å². The molecule has 0 unspecified atom stereocenters. The highest BCUT2D eigenvalue weighted by Crippen LogP contribution is 2.25. The van der Waals surface area contributed by atoms with E-state index in [9.17, 15) is 8.42 Å². The molecule has 2 aromatic rings. The van der Waals surface area contributed by atoms with Crippen LogP contribution in [-0.2, 0) is 16.4 Å². The highest BCUT2D eigenvalue weighted by atomic mass is 32.2. The molecule has 134 valence electrons. The second kappa shape index (κ2) is 7.45. The summed E-state index contributed by atoms with van der Waals surface area (Å²) in [6.07, 6.45) is 2.31. The molecule has 25 heavy (non-hydrogen) atoms. The molecule has 1 heterocycles. The van der Waals surface area contributed by atoms with E-state index in [1.165, 1.54) is 11.8 Å². The first-order valence-electron chi connectivity index (χ1n) is 8.41. The van der Waals surface area contributed by atoms with Gasteiger partial charge in [-0.15, -0.1) is 0 Å². The fourth-order valence-electron chi connectivity index (χ4n) is 3.09. The van der Waals surface area contributed by atoms with Crippen LogP contribution in [0.25, 0.3) is 0 Å². The van der Waals surface area contributed by atoms with Crippen LogP contribution in [0.2, 0.25) is 0 Å². The summed E-state index contributed by atoms with van der Waals surface area (Å²) < 4.78 is 29.2. The molecule has 1 aliphatic heterocycles. The zero-order valence-electron chi connectivity index (χ0n) is 14.6. The van der Waals surface area contributed by atoms with Crippen molar-refractivity contribution in [2.45, 2.75) is 24.0 Å². The number of sulfone groups is 1. The summed E-state index contributed by atoms with van der Waals surface area (Å²) in [6.45, 7) is 2.52. The van der Waals surface area contributed by atoms with E-state index in [4.69, 9.17) is 4.74 Å². The van der Waals surface area contributed by atoms with Crippen molar-refractivity contribution in [3.63, 3.8) is 0 Å². The summed E-state index contributed by atoms with van der Waals surface area (Å²) in [6, 6.07) is 15.2. The molecule has 0 saturated carbocycles. The van der Waals surface area contributed by atoms with Crippen LogP contribution in [0.1, 0.15) is 12.0 Å². The maximum Gasteiger partial charge on any atom is 0.175 e. The molecule has 0 amide bonds. The highest BCUT2D eigenvalue weighted by molar-refractivity contribution is 7.90. The van der Waals surface area contributed by atoms with Gasteiger partial charge in [0.05, 0.1) is 11.4 Å². The minimum atomic E-state index is -3.15. The van der Waals surface area contributed by atoms with E-state index in [2.05, 4.69) is 22.3 Å². The van der Waals surface area contributed by atoms with Crippen LogP contribution in [0.3, 0.4) is 0 Å². The van der Waals surface area contributed by atoms with Gasteiger partial charge in [-0.25, -0.2) is 8.42 Å². The smallest absolute Gasteiger partial charge is 0.175 e. The van der Waals surface area contributed by atoms with Crippen molar-refractivity contribution in [1.82, 2.24) is 5.32 Å². The first-order valence-corrected chi connectivity index (χ1v) is 10.3. The molecule has 2 aromatic carbocycles. The standard InChI is InChI=1S/C19H24N2O3S/c1-20-13-15-4-3-5-17(12-15)24-18-10-11-21(14-18)16-6-8-19(9-7-16)25(2,22)23/h3-9,12,18,20H,10-11,13-14H2,1-2H3/t18-/m0/s1. The molecule has 0 spiro atoms. The van der Waals surface area contributed by atoms with Crippen molar-refractivity contribution < 1.29 is 13.2 Å². The van der Waals surface area contributed by atoms with Crippen LogP contribution in [0.5, 0.6) is 5.75 Å². The summed E-state index contributed by atoms with van der Waals surface area (Å²) in [5, 5.41) is 3.14. The van der Waals surface area contributed by atoms with Crippen molar-refractivity contribution in [1.29, 1.82) is 0 Å². The van der Waals surface area contributed by atoms with Gasteiger partial charge in [0.2, 0.25) is 0 Å². The van der Waals surface area contributed by atoms with E-state index < -0.39 is 9.84 Å². The van der Waals surface area contributed by atoms with E-state index in [0.717, 1.165) is 37.5 Å². The largest absolute Gasteiger partial charge is 0.489 e. The Morgan fingerprint density at radius 2 is 1.96 bits per heavy atom. The average molecular weight is 360 g/mol. The van der Waals surface area contributed by atoms with Crippen LogP contribution in [0, 0.1) is 0 Å². The van der Waals surface area contributed by atoms with Crippen molar-refractivity contribution in [3.8, 4) is 5.75 Å². The first kappa shape index (κ1) is 17.8. The van der Waals surface area contributed by atoms with Gasteiger partial charge in [-0.3, -0.25) is 0 Å². The summed E-state index contributed by atoms with van der Waals surface area (Å²) >= 11 is 0. The van der Waals surface area contributed by atoms with Crippen LogP contribution in [0.15, 0.2) is 53.4 Å². The molecule has 3 rings (SSSR count). The average Bonchev–Trinajstić information content (AvgIpc) is 3.03. The van der Waals surface area contributed by atoms with Gasteiger partial charge in [0.15, 0.2) is 9.84 Å². The van der Waals surface area contributed by atoms with Crippen molar-refractivity contribution in [2.75, 3.05) is 31.3 Å². The van der Waals surface area contributed by atoms with E-state index in [-0.39, 0.29) is 6.10 Å². The lowest BCUT2D eigenvalue weighted by Gasteiger charge is -2.19. The van der Waals surface area contributed by atoms with E-state index in [0.29, 0.717) is 4.90 Å². The quantitative estimate of drug-likeness (QED) is 0.858. The zero-order chi connectivity index (χ0) is 17.9. The molecular weight excluding hydrogens is 336 g/mol. The Kier molecular flexibility index (Phi) is 5.30. The van der Waals surface area contributed by atoms with Gasteiger partial charge in [0, 0.05) is 31.5 Å². The minimum absolute atomic E-state index is 0.138. The summed E-state index contributed by atoms with van der Waals surface area (Å²) in [4.78, 5) is 2.58. The summed E-state index contributed by atoms with van der Waals surface area (Å²) in [5.74, 6) is 0.895. The number of benzene rings is 2. The summed E-state index contributed by atoms with van der Waals surface area (Å²) in [5.41, 5.74) is 2.23. The lowest BCUT2D eigenvalue weighted by atomic mass is 10.2. The summed E-state index contributed by atoms with van der Waals surface area (Å²) in [7, 11) is -1.22. The lowest BCUT2D eigenvalue weighted by molar-refractivity contribution is 0.225. The number of hydrogen-bond donors (Lipinski definition) is 1. The lowest BCUT2D eigenvalue weighted by Crippen LogP contribution is -2.24. The third-order valence-corrected chi connectivity index (χ3v) is 5.49. The van der Waals surface area contributed by atoms with Gasteiger partial charge >= 0.3 is 0 Å².